The number of ether oxygens (including phenoxy) is 2. The molecule has 4 aromatic rings. The van der Waals surface area contributed by atoms with Crippen LogP contribution in [0.15, 0.2) is 28.7 Å². The lowest BCUT2D eigenvalue weighted by molar-refractivity contribution is -0.152. The third kappa shape index (κ3) is 3.21. The van der Waals surface area contributed by atoms with E-state index in [1.165, 1.54) is 14.2 Å². The zero-order chi connectivity index (χ0) is 22.8. The monoisotopic (exact) mass is 447 g/mol. The number of carbonyl (C=O) groups excluding carboxylic acids is 1. The van der Waals surface area contributed by atoms with Crippen molar-refractivity contribution in [2.24, 2.45) is 13.0 Å². The van der Waals surface area contributed by atoms with Crippen molar-refractivity contribution in [3.05, 3.63) is 35.6 Å². The molecule has 5 rings (SSSR count). The standard InChI is InChI=1S/C22H20F3N3O4/c1-27-18-14(6-13(21(29)31-3)8-16(18)30-2)26-19(27)15-7-12-9-17(22(23,24)25)32-20(12)28(15)10-11-4-5-11/h6-9,11H,4-5,10H2,1-3H3. The molecule has 1 aliphatic carbocycles. The van der Waals surface area contributed by atoms with Crippen molar-refractivity contribution in [1.82, 2.24) is 14.1 Å². The van der Waals surface area contributed by atoms with Crippen LogP contribution in [0.4, 0.5) is 13.2 Å². The number of rotatable bonds is 5. The molecule has 0 aliphatic heterocycles. The van der Waals surface area contributed by atoms with Crippen LogP contribution in [-0.4, -0.2) is 34.3 Å². The summed E-state index contributed by atoms with van der Waals surface area (Å²) >= 11 is 0. The summed E-state index contributed by atoms with van der Waals surface area (Å²) in [6, 6.07) is 5.85. The van der Waals surface area contributed by atoms with Gasteiger partial charge in [-0.25, -0.2) is 9.78 Å². The van der Waals surface area contributed by atoms with Crippen molar-refractivity contribution in [3.8, 4) is 17.3 Å². The number of esters is 1. The van der Waals surface area contributed by atoms with Gasteiger partial charge in [-0.15, -0.1) is 0 Å². The molecule has 3 heterocycles. The Labute approximate surface area is 180 Å². The molecule has 0 unspecified atom stereocenters. The van der Waals surface area contributed by atoms with E-state index in [1.54, 1.807) is 34.4 Å². The minimum Gasteiger partial charge on any atom is -0.494 e. The van der Waals surface area contributed by atoms with E-state index in [1.807, 2.05) is 0 Å². The number of nitrogens with zero attached hydrogens (tertiary/aromatic N) is 3. The van der Waals surface area contributed by atoms with Gasteiger partial charge in [-0.3, -0.25) is 0 Å². The van der Waals surface area contributed by atoms with Crippen molar-refractivity contribution in [3.63, 3.8) is 0 Å². The summed E-state index contributed by atoms with van der Waals surface area (Å²) in [5, 5.41) is 0.363. The molecule has 10 heteroatoms. The van der Waals surface area contributed by atoms with Crippen LogP contribution in [0.2, 0.25) is 0 Å². The number of carbonyl (C=O) groups is 1. The van der Waals surface area contributed by atoms with Gasteiger partial charge in [0.25, 0.3) is 0 Å². The minimum absolute atomic E-state index is 0.175. The highest BCUT2D eigenvalue weighted by Gasteiger charge is 2.37. The first-order valence-electron chi connectivity index (χ1n) is 10.0. The van der Waals surface area contributed by atoms with Crippen LogP contribution in [0.3, 0.4) is 0 Å². The molecule has 0 N–H and O–H groups in total. The Morgan fingerprint density at radius 3 is 2.59 bits per heavy atom. The predicted octanol–water partition coefficient (Wildman–Crippen LogP) is 5.01. The van der Waals surface area contributed by atoms with E-state index in [-0.39, 0.29) is 5.71 Å². The summed E-state index contributed by atoms with van der Waals surface area (Å²) in [5.74, 6) is -0.188. The van der Waals surface area contributed by atoms with Gasteiger partial charge in [0, 0.05) is 19.0 Å². The fraction of sp³-hybridized carbons (Fsp3) is 0.364. The van der Waals surface area contributed by atoms with Gasteiger partial charge in [0.1, 0.15) is 11.3 Å². The van der Waals surface area contributed by atoms with Crippen molar-refractivity contribution in [2.45, 2.75) is 25.6 Å². The average Bonchev–Trinajstić information content (AvgIpc) is 3.23. The minimum atomic E-state index is -4.56. The normalized spacial score (nSPS) is 14.4. The molecule has 32 heavy (non-hydrogen) atoms. The van der Waals surface area contributed by atoms with Crippen molar-refractivity contribution < 1.29 is 31.9 Å². The summed E-state index contributed by atoms with van der Waals surface area (Å²) in [4.78, 5) is 16.7. The Morgan fingerprint density at radius 2 is 1.97 bits per heavy atom. The number of fused-ring (bicyclic) bond motifs is 2. The van der Waals surface area contributed by atoms with Gasteiger partial charge in [0.05, 0.1) is 31.0 Å². The van der Waals surface area contributed by atoms with Gasteiger partial charge in [-0.1, -0.05) is 0 Å². The molecule has 0 bridgehead atoms. The van der Waals surface area contributed by atoms with Gasteiger partial charge in [-0.05, 0) is 43.0 Å². The highest BCUT2D eigenvalue weighted by molar-refractivity contribution is 5.97. The molecular formula is C22H20F3N3O4. The fourth-order valence-corrected chi connectivity index (χ4v) is 4.04. The van der Waals surface area contributed by atoms with E-state index >= 15 is 0 Å². The van der Waals surface area contributed by atoms with Crippen LogP contribution >= 0.6 is 0 Å². The zero-order valence-electron chi connectivity index (χ0n) is 17.6. The highest BCUT2D eigenvalue weighted by atomic mass is 19.4. The summed E-state index contributed by atoms with van der Waals surface area (Å²) in [5.41, 5.74) is 2.27. The van der Waals surface area contributed by atoms with Gasteiger partial charge in [0.15, 0.2) is 5.82 Å². The number of aryl methyl sites for hydroxylation is 1. The molecule has 1 aromatic carbocycles. The molecule has 168 valence electrons. The topological polar surface area (TPSA) is 71.4 Å². The molecule has 0 spiro atoms. The van der Waals surface area contributed by atoms with Gasteiger partial charge < -0.3 is 23.0 Å². The first-order valence-corrected chi connectivity index (χ1v) is 10.0. The average molecular weight is 447 g/mol. The van der Waals surface area contributed by atoms with E-state index in [4.69, 9.17) is 18.9 Å². The van der Waals surface area contributed by atoms with Crippen molar-refractivity contribution in [1.29, 1.82) is 0 Å². The Morgan fingerprint density at radius 1 is 1.22 bits per heavy atom. The molecule has 1 fully saturated rings. The maximum absolute atomic E-state index is 13.2. The van der Waals surface area contributed by atoms with E-state index < -0.39 is 17.9 Å². The first-order chi connectivity index (χ1) is 15.2. The molecule has 3 aromatic heterocycles. The Kier molecular flexibility index (Phi) is 4.51. The number of hydrogen-bond donors (Lipinski definition) is 0. The molecule has 1 saturated carbocycles. The van der Waals surface area contributed by atoms with Crippen molar-refractivity contribution >= 4 is 28.1 Å². The maximum atomic E-state index is 13.2. The third-order valence-electron chi connectivity index (χ3n) is 5.79. The van der Waals surface area contributed by atoms with E-state index in [0.717, 1.165) is 18.9 Å². The molecule has 0 atom stereocenters. The summed E-state index contributed by atoms with van der Waals surface area (Å²) in [6.07, 6.45) is -2.52. The number of methoxy groups -OCH3 is 2. The molecule has 0 amide bonds. The number of furan rings is 1. The van der Waals surface area contributed by atoms with Crippen LogP contribution < -0.4 is 4.74 Å². The number of alkyl halides is 3. The largest absolute Gasteiger partial charge is 0.494 e. The summed E-state index contributed by atoms with van der Waals surface area (Å²) < 4.78 is 58.6. The highest BCUT2D eigenvalue weighted by Crippen LogP contribution is 2.41. The Hall–Kier alpha value is -3.43. The first kappa shape index (κ1) is 20.5. The molecular weight excluding hydrogens is 427 g/mol. The summed E-state index contributed by atoms with van der Waals surface area (Å²) in [7, 11) is 4.57. The molecule has 0 saturated heterocycles. The second-order valence-electron chi connectivity index (χ2n) is 7.98. The second-order valence-corrected chi connectivity index (χ2v) is 7.98. The number of aromatic nitrogens is 3. The number of halogens is 3. The molecule has 0 radical (unpaired) electrons. The summed E-state index contributed by atoms with van der Waals surface area (Å²) in [6.45, 7) is 0.539. The number of imidazole rings is 1. The quantitative estimate of drug-likeness (QED) is 0.402. The lowest BCUT2D eigenvalue weighted by Crippen LogP contribution is -2.06. The van der Waals surface area contributed by atoms with Crippen LogP contribution in [-0.2, 0) is 24.5 Å². The number of benzene rings is 1. The van der Waals surface area contributed by atoms with E-state index in [9.17, 15) is 18.0 Å². The van der Waals surface area contributed by atoms with Crippen LogP contribution in [0, 0.1) is 5.92 Å². The smallest absolute Gasteiger partial charge is 0.449 e. The number of hydrogen-bond acceptors (Lipinski definition) is 5. The lowest BCUT2D eigenvalue weighted by atomic mass is 10.2. The van der Waals surface area contributed by atoms with E-state index in [2.05, 4.69) is 0 Å². The fourth-order valence-electron chi connectivity index (χ4n) is 4.04. The maximum Gasteiger partial charge on any atom is 0.449 e. The Balaban J connectivity index is 1.72. The third-order valence-corrected chi connectivity index (χ3v) is 5.79. The van der Waals surface area contributed by atoms with Crippen LogP contribution in [0.25, 0.3) is 33.7 Å². The van der Waals surface area contributed by atoms with Gasteiger partial charge >= 0.3 is 12.1 Å². The zero-order valence-corrected chi connectivity index (χ0v) is 17.6. The Bertz CT molecular complexity index is 1360. The second kappa shape index (κ2) is 7.04. The SMILES string of the molecule is COC(=O)c1cc(OC)c2c(c1)nc(-c1cc3cc(C(F)(F)F)oc3n1CC1CC1)n2C. The molecule has 1 aliphatic rings. The van der Waals surface area contributed by atoms with Crippen LogP contribution in [0.1, 0.15) is 29.0 Å². The lowest BCUT2D eigenvalue weighted by Gasteiger charge is -2.10. The predicted molar refractivity (Wildman–Crippen MR) is 110 cm³/mol. The molecule has 7 nitrogen and oxygen atoms in total. The van der Waals surface area contributed by atoms with Crippen LogP contribution in [0.5, 0.6) is 5.75 Å². The van der Waals surface area contributed by atoms with Crippen molar-refractivity contribution in [2.75, 3.05) is 14.2 Å². The van der Waals surface area contributed by atoms with Gasteiger partial charge in [-0.2, -0.15) is 13.2 Å². The van der Waals surface area contributed by atoms with Gasteiger partial charge in [0.2, 0.25) is 11.5 Å². The van der Waals surface area contributed by atoms with E-state index in [0.29, 0.717) is 51.7 Å².